The van der Waals surface area contributed by atoms with Gasteiger partial charge in [0.05, 0.1) is 5.71 Å². The molecule has 0 fully saturated rings. The lowest BCUT2D eigenvalue weighted by molar-refractivity contribution is 0.0402. The molecule has 24 heavy (non-hydrogen) atoms. The number of fused-ring (bicyclic) bond motifs is 1. The topological polar surface area (TPSA) is 53.8 Å². The lowest BCUT2D eigenvalue weighted by Gasteiger charge is -2.14. The summed E-state index contributed by atoms with van der Waals surface area (Å²) in [7, 11) is 0. The summed E-state index contributed by atoms with van der Waals surface area (Å²) in [4.78, 5) is 6.79. The van der Waals surface area contributed by atoms with Crippen molar-refractivity contribution in [1.29, 1.82) is 0 Å². The van der Waals surface area contributed by atoms with Gasteiger partial charge < -0.3 is 15.3 Å². The van der Waals surface area contributed by atoms with Crippen LogP contribution in [0.1, 0.15) is 68.7 Å². The van der Waals surface area contributed by atoms with Gasteiger partial charge in [-0.3, -0.25) is 0 Å². The summed E-state index contributed by atoms with van der Waals surface area (Å²) in [5.41, 5.74) is 2.27. The Hall–Kier alpha value is -0.910. The van der Waals surface area contributed by atoms with Crippen LogP contribution in [0.4, 0.5) is 0 Å². The molecule has 0 spiro atoms. The van der Waals surface area contributed by atoms with E-state index >= 15 is 0 Å². The van der Waals surface area contributed by atoms with Gasteiger partial charge in [-0.15, -0.1) is 11.3 Å². The van der Waals surface area contributed by atoms with Crippen molar-refractivity contribution >= 4 is 17.0 Å². The highest BCUT2D eigenvalue weighted by molar-refractivity contribution is 7.10. The Labute approximate surface area is 150 Å². The van der Waals surface area contributed by atoms with Crippen LogP contribution in [0.5, 0.6) is 0 Å². The fraction of sp³-hybridized carbons (Fsp3) is 0.737. The molecule has 0 bridgehead atoms. The van der Waals surface area contributed by atoms with Crippen molar-refractivity contribution in [3.05, 3.63) is 21.9 Å². The van der Waals surface area contributed by atoms with Gasteiger partial charge in [0.2, 0.25) is 0 Å². The molecule has 1 heterocycles. The second-order valence-corrected chi connectivity index (χ2v) is 7.57. The van der Waals surface area contributed by atoms with Crippen molar-refractivity contribution in [3.8, 4) is 0 Å². The van der Waals surface area contributed by atoms with E-state index < -0.39 is 6.10 Å². The number of hydrogen-bond donors (Lipinski definition) is 2. The molecule has 1 aliphatic rings. The Bertz CT molecular complexity index is 487. The van der Waals surface area contributed by atoms with E-state index in [1.54, 1.807) is 11.3 Å². The highest BCUT2D eigenvalue weighted by Gasteiger charge is 2.17. The predicted octanol–water partition coefficient (Wildman–Crippen LogP) is 4.12. The molecule has 0 aromatic carbocycles. The molecule has 1 unspecified atom stereocenters. The summed E-state index contributed by atoms with van der Waals surface area (Å²) >= 11 is 1.79. The second kappa shape index (κ2) is 11.6. The molecule has 0 amide bonds. The zero-order valence-electron chi connectivity index (χ0n) is 14.9. The first kappa shape index (κ1) is 19.4. The molecular formula is C19H32N2O2S. The van der Waals surface area contributed by atoms with Crippen LogP contribution in [0.3, 0.4) is 0 Å². The van der Waals surface area contributed by atoms with Crippen LogP contribution >= 0.6 is 11.3 Å². The molecular weight excluding hydrogens is 320 g/mol. The number of aliphatic hydroxyl groups is 1. The van der Waals surface area contributed by atoms with E-state index in [0.29, 0.717) is 6.54 Å². The lowest BCUT2D eigenvalue weighted by atomic mass is 9.97. The van der Waals surface area contributed by atoms with Crippen LogP contribution in [-0.4, -0.2) is 36.6 Å². The largest absolute Gasteiger partial charge is 0.393 e. The third-order valence-electron chi connectivity index (χ3n) is 4.40. The standard InChI is InChI=1S/C19H32N2O2S/c1-2-3-4-5-6-7-12-20-14-16(22)15-23-21-18-9-8-10-19-17(18)11-13-24-19/h11,13,16,20,22H,2-10,12,14-15H2,1H3. The van der Waals surface area contributed by atoms with Crippen molar-refractivity contribution < 1.29 is 9.94 Å². The number of nitrogens with one attached hydrogen (secondary N) is 1. The zero-order chi connectivity index (χ0) is 17.0. The summed E-state index contributed by atoms with van der Waals surface area (Å²) in [6.45, 7) is 4.04. The smallest absolute Gasteiger partial charge is 0.144 e. The molecule has 0 saturated heterocycles. The SMILES string of the molecule is CCCCCCCCNCC(O)CON=C1CCCc2sccc21. The van der Waals surface area contributed by atoms with Gasteiger partial charge in [0.1, 0.15) is 12.7 Å². The fourth-order valence-electron chi connectivity index (χ4n) is 3.00. The molecule has 136 valence electrons. The van der Waals surface area contributed by atoms with Crippen molar-refractivity contribution in [3.63, 3.8) is 0 Å². The summed E-state index contributed by atoms with van der Waals surface area (Å²) in [5, 5.41) is 19.6. The van der Waals surface area contributed by atoms with E-state index in [2.05, 4.69) is 28.8 Å². The van der Waals surface area contributed by atoms with Crippen LogP contribution in [0.25, 0.3) is 0 Å². The van der Waals surface area contributed by atoms with Gasteiger partial charge in [-0.05, 0) is 43.7 Å². The lowest BCUT2D eigenvalue weighted by Crippen LogP contribution is -2.30. The maximum Gasteiger partial charge on any atom is 0.144 e. The molecule has 2 N–H and O–H groups in total. The van der Waals surface area contributed by atoms with Crippen molar-refractivity contribution in [1.82, 2.24) is 5.32 Å². The molecule has 1 aliphatic carbocycles. The molecule has 0 radical (unpaired) electrons. The maximum absolute atomic E-state index is 9.95. The summed E-state index contributed by atoms with van der Waals surface area (Å²) in [6.07, 6.45) is 10.5. The number of rotatable bonds is 12. The van der Waals surface area contributed by atoms with Crippen molar-refractivity contribution in [2.24, 2.45) is 5.16 Å². The van der Waals surface area contributed by atoms with E-state index in [1.165, 1.54) is 49.0 Å². The molecule has 5 heteroatoms. The maximum atomic E-state index is 9.95. The Morgan fingerprint density at radius 1 is 1.25 bits per heavy atom. The van der Waals surface area contributed by atoms with Gasteiger partial charge in [0.15, 0.2) is 0 Å². The Morgan fingerprint density at radius 2 is 2.08 bits per heavy atom. The van der Waals surface area contributed by atoms with Crippen molar-refractivity contribution in [2.75, 3.05) is 19.7 Å². The van der Waals surface area contributed by atoms with E-state index in [9.17, 15) is 5.11 Å². The van der Waals surface area contributed by atoms with Gasteiger partial charge in [0.25, 0.3) is 0 Å². The van der Waals surface area contributed by atoms with Crippen LogP contribution in [0, 0.1) is 0 Å². The minimum atomic E-state index is -0.500. The summed E-state index contributed by atoms with van der Waals surface area (Å²) in [5.74, 6) is 0. The second-order valence-electron chi connectivity index (χ2n) is 6.57. The molecule has 1 atom stereocenters. The fourth-order valence-corrected chi connectivity index (χ4v) is 3.94. The van der Waals surface area contributed by atoms with Crippen LogP contribution in [0.2, 0.25) is 0 Å². The van der Waals surface area contributed by atoms with E-state index in [0.717, 1.165) is 31.5 Å². The highest BCUT2D eigenvalue weighted by atomic mass is 32.1. The minimum absolute atomic E-state index is 0.256. The molecule has 4 nitrogen and oxygen atoms in total. The molecule has 2 rings (SSSR count). The van der Waals surface area contributed by atoms with Crippen LogP contribution in [-0.2, 0) is 11.3 Å². The third kappa shape index (κ3) is 6.91. The van der Waals surface area contributed by atoms with Gasteiger partial charge in [-0.25, -0.2) is 0 Å². The number of aliphatic hydroxyl groups excluding tert-OH is 1. The van der Waals surface area contributed by atoms with Crippen LogP contribution < -0.4 is 5.32 Å². The number of hydrogen-bond acceptors (Lipinski definition) is 5. The summed E-state index contributed by atoms with van der Waals surface area (Å²) in [6, 6.07) is 2.12. The van der Waals surface area contributed by atoms with E-state index in [4.69, 9.17) is 4.84 Å². The number of unbranched alkanes of at least 4 members (excludes halogenated alkanes) is 5. The Kier molecular flexibility index (Phi) is 9.39. The summed E-state index contributed by atoms with van der Waals surface area (Å²) < 4.78 is 0. The predicted molar refractivity (Wildman–Crippen MR) is 102 cm³/mol. The van der Waals surface area contributed by atoms with E-state index in [-0.39, 0.29) is 6.61 Å². The first-order chi connectivity index (χ1) is 11.8. The average molecular weight is 353 g/mol. The number of oxime groups is 1. The van der Waals surface area contributed by atoms with Gasteiger partial charge >= 0.3 is 0 Å². The van der Waals surface area contributed by atoms with Gasteiger partial charge in [-0.1, -0.05) is 44.2 Å². The third-order valence-corrected chi connectivity index (χ3v) is 5.38. The monoisotopic (exact) mass is 352 g/mol. The molecule has 0 saturated carbocycles. The van der Waals surface area contributed by atoms with E-state index in [1.807, 2.05) is 0 Å². The zero-order valence-corrected chi connectivity index (χ0v) is 15.7. The van der Waals surface area contributed by atoms with Gasteiger partial charge in [0, 0.05) is 17.0 Å². The molecule has 0 aliphatic heterocycles. The molecule has 1 aromatic heterocycles. The number of thiophene rings is 1. The Balaban J connectivity index is 1.53. The number of aryl methyl sites for hydroxylation is 1. The first-order valence-corrected chi connectivity index (χ1v) is 10.3. The van der Waals surface area contributed by atoms with Gasteiger partial charge in [-0.2, -0.15) is 0 Å². The molecule has 1 aromatic rings. The quantitative estimate of drug-likeness (QED) is 0.439. The minimum Gasteiger partial charge on any atom is -0.393 e. The normalized spacial score (nSPS) is 17.0. The average Bonchev–Trinajstić information content (AvgIpc) is 3.07. The first-order valence-electron chi connectivity index (χ1n) is 9.45. The number of nitrogens with zero attached hydrogens (tertiary/aromatic N) is 1. The van der Waals surface area contributed by atoms with Crippen LogP contribution in [0.15, 0.2) is 16.6 Å². The van der Waals surface area contributed by atoms with Crippen molar-refractivity contribution in [2.45, 2.75) is 70.8 Å². The highest BCUT2D eigenvalue weighted by Crippen LogP contribution is 2.26. The Morgan fingerprint density at radius 3 is 2.96 bits per heavy atom.